The molecule has 0 atom stereocenters. The van der Waals surface area contributed by atoms with E-state index in [4.69, 9.17) is 4.42 Å². The Balaban J connectivity index is 2.61. The van der Waals surface area contributed by atoms with Gasteiger partial charge in [-0.2, -0.15) is 0 Å². The van der Waals surface area contributed by atoms with Gasteiger partial charge in [-0.25, -0.2) is 0 Å². The van der Waals surface area contributed by atoms with Gasteiger partial charge in [0.25, 0.3) is 0 Å². The summed E-state index contributed by atoms with van der Waals surface area (Å²) in [6.07, 6.45) is 1.13. The van der Waals surface area contributed by atoms with E-state index in [0.29, 0.717) is 5.92 Å². The lowest BCUT2D eigenvalue weighted by Gasteiger charge is -2.34. The van der Waals surface area contributed by atoms with Crippen molar-refractivity contribution >= 4 is 0 Å². The van der Waals surface area contributed by atoms with Gasteiger partial charge in [-0.05, 0) is 52.8 Å². The van der Waals surface area contributed by atoms with E-state index in [0.717, 1.165) is 37.6 Å². The first-order chi connectivity index (χ1) is 9.26. The molecule has 0 aromatic carbocycles. The highest BCUT2D eigenvalue weighted by atomic mass is 16.3. The molecule has 0 unspecified atom stereocenters. The molecular weight excluding hydrogens is 248 g/mol. The summed E-state index contributed by atoms with van der Waals surface area (Å²) in [5.74, 6) is 2.78. The Morgan fingerprint density at radius 3 is 2.55 bits per heavy atom. The monoisotopic (exact) mass is 280 g/mol. The Morgan fingerprint density at radius 1 is 1.35 bits per heavy atom. The Morgan fingerprint density at radius 2 is 2.00 bits per heavy atom. The van der Waals surface area contributed by atoms with E-state index in [1.807, 2.05) is 0 Å². The minimum atomic E-state index is 0.205. The Bertz CT molecular complexity index is 407. The molecule has 0 amide bonds. The van der Waals surface area contributed by atoms with Crippen molar-refractivity contribution in [1.29, 1.82) is 0 Å². The van der Waals surface area contributed by atoms with Crippen LogP contribution in [0.4, 0.5) is 0 Å². The van der Waals surface area contributed by atoms with Crippen LogP contribution < -0.4 is 5.32 Å². The third kappa shape index (κ3) is 4.95. The molecule has 0 fully saturated rings. The van der Waals surface area contributed by atoms with Crippen molar-refractivity contribution in [2.24, 2.45) is 5.92 Å². The van der Waals surface area contributed by atoms with Gasteiger partial charge in [0.2, 0.25) is 0 Å². The molecule has 1 aromatic heterocycles. The number of aryl methyl sites for hydroxylation is 1. The fourth-order valence-electron chi connectivity index (χ4n) is 2.05. The molecule has 0 aliphatic heterocycles. The van der Waals surface area contributed by atoms with Gasteiger partial charge in [-0.15, -0.1) is 0 Å². The number of nitrogens with zero attached hydrogens (tertiary/aromatic N) is 1. The molecule has 20 heavy (non-hydrogen) atoms. The topological polar surface area (TPSA) is 28.4 Å². The van der Waals surface area contributed by atoms with Crippen molar-refractivity contribution in [3.8, 4) is 0 Å². The zero-order valence-corrected chi connectivity index (χ0v) is 14.3. The van der Waals surface area contributed by atoms with Crippen LogP contribution in [-0.4, -0.2) is 24.0 Å². The third-order valence-corrected chi connectivity index (χ3v) is 4.23. The van der Waals surface area contributed by atoms with Gasteiger partial charge in [-0.1, -0.05) is 20.8 Å². The summed E-state index contributed by atoms with van der Waals surface area (Å²) in [6.45, 7) is 16.1. The maximum absolute atomic E-state index is 5.90. The highest BCUT2D eigenvalue weighted by Crippen LogP contribution is 2.22. The van der Waals surface area contributed by atoms with Crippen molar-refractivity contribution in [2.45, 2.75) is 66.6 Å². The van der Waals surface area contributed by atoms with Crippen molar-refractivity contribution in [3.63, 3.8) is 0 Å². The first kappa shape index (κ1) is 17.3. The molecule has 1 rings (SSSR count). The van der Waals surface area contributed by atoms with E-state index in [1.165, 1.54) is 5.56 Å². The SMILES string of the molecule is CCC(C)(C)N(C)Cc1cc(CNCC(C)C)c(C)o1. The van der Waals surface area contributed by atoms with Crippen LogP contribution in [0.25, 0.3) is 0 Å². The summed E-state index contributed by atoms with van der Waals surface area (Å²) in [5.41, 5.74) is 1.49. The lowest BCUT2D eigenvalue weighted by Crippen LogP contribution is -2.39. The van der Waals surface area contributed by atoms with Crippen LogP contribution >= 0.6 is 0 Å². The van der Waals surface area contributed by atoms with Crippen molar-refractivity contribution in [1.82, 2.24) is 10.2 Å². The van der Waals surface area contributed by atoms with Crippen LogP contribution in [0.3, 0.4) is 0 Å². The predicted molar refractivity (Wildman–Crippen MR) is 85.8 cm³/mol. The number of hydrogen-bond donors (Lipinski definition) is 1. The molecule has 0 bridgehead atoms. The molecule has 0 saturated heterocycles. The summed E-state index contributed by atoms with van der Waals surface area (Å²) in [6, 6.07) is 2.20. The normalized spacial score (nSPS) is 12.7. The fourth-order valence-corrected chi connectivity index (χ4v) is 2.05. The second kappa shape index (κ2) is 7.28. The number of furan rings is 1. The molecule has 0 saturated carbocycles. The second-order valence-corrected chi connectivity index (χ2v) is 6.84. The summed E-state index contributed by atoms with van der Waals surface area (Å²) >= 11 is 0. The van der Waals surface area contributed by atoms with Crippen LogP contribution in [0.1, 0.15) is 58.1 Å². The lowest BCUT2D eigenvalue weighted by molar-refractivity contribution is 0.132. The average molecular weight is 280 g/mol. The van der Waals surface area contributed by atoms with Crippen LogP contribution in [0.2, 0.25) is 0 Å². The zero-order chi connectivity index (χ0) is 15.3. The maximum atomic E-state index is 5.90. The van der Waals surface area contributed by atoms with E-state index in [9.17, 15) is 0 Å². The van der Waals surface area contributed by atoms with Crippen LogP contribution in [0.15, 0.2) is 10.5 Å². The quantitative estimate of drug-likeness (QED) is 0.781. The summed E-state index contributed by atoms with van der Waals surface area (Å²) in [5, 5.41) is 3.48. The minimum absolute atomic E-state index is 0.205. The summed E-state index contributed by atoms with van der Waals surface area (Å²) < 4.78 is 5.90. The molecule has 0 radical (unpaired) electrons. The Kier molecular flexibility index (Phi) is 6.28. The van der Waals surface area contributed by atoms with Crippen LogP contribution in [0.5, 0.6) is 0 Å². The standard InChI is InChI=1S/C17H32N2O/c1-8-17(5,6)19(7)12-16-9-15(14(4)20-16)11-18-10-13(2)3/h9,13,18H,8,10-12H2,1-7H3. The van der Waals surface area contributed by atoms with Gasteiger partial charge in [0.1, 0.15) is 11.5 Å². The second-order valence-electron chi connectivity index (χ2n) is 6.84. The fraction of sp³-hybridized carbons (Fsp3) is 0.765. The molecule has 0 spiro atoms. The first-order valence-electron chi connectivity index (χ1n) is 7.76. The van der Waals surface area contributed by atoms with E-state index in [-0.39, 0.29) is 5.54 Å². The van der Waals surface area contributed by atoms with Gasteiger partial charge in [0.15, 0.2) is 0 Å². The molecule has 116 valence electrons. The molecule has 3 heteroatoms. The molecule has 0 aliphatic rings. The summed E-state index contributed by atoms with van der Waals surface area (Å²) in [7, 11) is 2.16. The molecular formula is C17H32N2O. The van der Waals surface area contributed by atoms with Gasteiger partial charge in [0, 0.05) is 17.6 Å². The van der Waals surface area contributed by atoms with Gasteiger partial charge >= 0.3 is 0 Å². The number of hydrogen-bond acceptors (Lipinski definition) is 3. The number of rotatable bonds is 8. The molecule has 3 nitrogen and oxygen atoms in total. The highest BCUT2D eigenvalue weighted by Gasteiger charge is 2.22. The van der Waals surface area contributed by atoms with Crippen molar-refractivity contribution in [3.05, 3.63) is 23.2 Å². The maximum Gasteiger partial charge on any atom is 0.118 e. The highest BCUT2D eigenvalue weighted by molar-refractivity contribution is 5.20. The lowest BCUT2D eigenvalue weighted by atomic mass is 10.00. The third-order valence-electron chi connectivity index (χ3n) is 4.23. The molecule has 1 aromatic rings. The van der Waals surface area contributed by atoms with Gasteiger partial charge in [0.05, 0.1) is 6.54 Å². The Hall–Kier alpha value is -0.800. The van der Waals surface area contributed by atoms with E-state index in [1.54, 1.807) is 0 Å². The molecule has 1 N–H and O–H groups in total. The number of nitrogens with one attached hydrogen (secondary N) is 1. The Labute approximate surface area is 124 Å². The zero-order valence-electron chi connectivity index (χ0n) is 14.3. The van der Waals surface area contributed by atoms with E-state index < -0.39 is 0 Å². The van der Waals surface area contributed by atoms with Crippen molar-refractivity contribution < 1.29 is 4.42 Å². The van der Waals surface area contributed by atoms with E-state index >= 15 is 0 Å². The smallest absolute Gasteiger partial charge is 0.118 e. The predicted octanol–water partition coefficient (Wildman–Crippen LogP) is 3.95. The van der Waals surface area contributed by atoms with Crippen molar-refractivity contribution in [2.75, 3.05) is 13.6 Å². The minimum Gasteiger partial charge on any atom is -0.465 e. The largest absolute Gasteiger partial charge is 0.465 e. The van der Waals surface area contributed by atoms with Gasteiger partial charge < -0.3 is 9.73 Å². The summed E-state index contributed by atoms with van der Waals surface area (Å²) in [4.78, 5) is 2.36. The van der Waals surface area contributed by atoms with Crippen LogP contribution in [-0.2, 0) is 13.1 Å². The molecule has 0 aliphatic carbocycles. The molecule has 1 heterocycles. The van der Waals surface area contributed by atoms with Crippen LogP contribution in [0, 0.1) is 12.8 Å². The first-order valence-corrected chi connectivity index (χ1v) is 7.76. The average Bonchev–Trinajstić information content (AvgIpc) is 2.69. The van der Waals surface area contributed by atoms with E-state index in [2.05, 4.69) is 64.9 Å². The van der Waals surface area contributed by atoms with Gasteiger partial charge in [-0.3, -0.25) is 4.90 Å².